The molecule has 0 radical (unpaired) electrons. The van der Waals surface area contributed by atoms with E-state index in [1.165, 1.54) is 18.2 Å². The Morgan fingerprint density at radius 1 is 1.21 bits per heavy atom. The molecular weight excluding hydrogens is 241 g/mol. The number of hydrogen-bond acceptors (Lipinski definition) is 2. The van der Waals surface area contributed by atoms with E-state index in [0.29, 0.717) is 5.56 Å². The van der Waals surface area contributed by atoms with Crippen molar-refractivity contribution >= 4 is 0 Å². The standard InChI is InChI=1S/C16H26FNO/c1-11(13-9-12(17)7-8-14(13)19)18-16(5,6)10-15(2,3)4/h7-9,11,18-19H,10H2,1-6H3. The highest BCUT2D eigenvalue weighted by atomic mass is 19.1. The molecule has 1 aromatic rings. The average Bonchev–Trinajstić information content (AvgIpc) is 2.16. The van der Waals surface area contributed by atoms with Gasteiger partial charge in [0.15, 0.2) is 0 Å². The van der Waals surface area contributed by atoms with Crippen molar-refractivity contribution in [2.75, 3.05) is 0 Å². The number of rotatable bonds is 4. The van der Waals surface area contributed by atoms with E-state index in [4.69, 9.17) is 0 Å². The van der Waals surface area contributed by atoms with Gasteiger partial charge in [-0.05, 0) is 50.8 Å². The van der Waals surface area contributed by atoms with E-state index in [1.54, 1.807) is 0 Å². The molecule has 0 spiro atoms. The summed E-state index contributed by atoms with van der Waals surface area (Å²) in [6.07, 6.45) is 0.987. The highest BCUT2D eigenvalue weighted by Crippen LogP contribution is 2.31. The van der Waals surface area contributed by atoms with E-state index in [1.807, 2.05) is 6.92 Å². The number of halogens is 1. The van der Waals surface area contributed by atoms with Crippen molar-refractivity contribution in [3.63, 3.8) is 0 Å². The zero-order chi connectivity index (χ0) is 14.8. The van der Waals surface area contributed by atoms with Crippen LogP contribution in [-0.4, -0.2) is 10.6 Å². The molecule has 2 nitrogen and oxygen atoms in total. The smallest absolute Gasteiger partial charge is 0.123 e. The van der Waals surface area contributed by atoms with E-state index < -0.39 is 0 Å². The summed E-state index contributed by atoms with van der Waals surface area (Å²) in [7, 11) is 0. The lowest BCUT2D eigenvalue weighted by Gasteiger charge is -2.36. The van der Waals surface area contributed by atoms with Crippen LogP contribution in [0.1, 0.15) is 59.6 Å². The quantitative estimate of drug-likeness (QED) is 0.847. The number of aromatic hydroxyl groups is 1. The Hall–Kier alpha value is -1.09. The Labute approximate surface area is 116 Å². The van der Waals surface area contributed by atoms with Crippen LogP contribution in [0.4, 0.5) is 4.39 Å². The van der Waals surface area contributed by atoms with Crippen molar-refractivity contribution in [1.82, 2.24) is 5.32 Å². The molecule has 1 rings (SSSR count). The summed E-state index contributed by atoms with van der Waals surface area (Å²) in [4.78, 5) is 0. The van der Waals surface area contributed by atoms with Gasteiger partial charge in [0.2, 0.25) is 0 Å². The van der Waals surface area contributed by atoms with Gasteiger partial charge in [-0.1, -0.05) is 20.8 Å². The SMILES string of the molecule is CC(NC(C)(C)CC(C)(C)C)c1cc(F)ccc1O. The number of hydrogen-bond donors (Lipinski definition) is 2. The van der Waals surface area contributed by atoms with E-state index in [9.17, 15) is 9.50 Å². The molecule has 0 aliphatic rings. The van der Waals surface area contributed by atoms with Crippen LogP contribution in [0.3, 0.4) is 0 Å². The summed E-state index contributed by atoms with van der Waals surface area (Å²) in [5.74, 6) is -0.192. The topological polar surface area (TPSA) is 32.3 Å². The molecule has 0 bridgehead atoms. The first-order chi connectivity index (χ1) is 8.50. The fourth-order valence-electron chi connectivity index (χ4n) is 2.91. The number of nitrogens with one attached hydrogen (secondary N) is 1. The van der Waals surface area contributed by atoms with Crippen molar-refractivity contribution in [2.45, 2.75) is 59.5 Å². The second kappa shape index (κ2) is 5.49. The molecule has 0 aromatic heterocycles. The Balaban J connectivity index is 2.84. The number of benzene rings is 1. The zero-order valence-corrected chi connectivity index (χ0v) is 12.8. The van der Waals surface area contributed by atoms with Gasteiger partial charge in [-0.15, -0.1) is 0 Å². The minimum absolute atomic E-state index is 0.0869. The van der Waals surface area contributed by atoms with Crippen LogP contribution in [-0.2, 0) is 0 Å². The fraction of sp³-hybridized carbons (Fsp3) is 0.625. The fourth-order valence-corrected chi connectivity index (χ4v) is 2.91. The molecule has 19 heavy (non-hydrogen) atoms. The van der Waals surface area contributed by atoms with Gasteiger partial charge in [0, 0.05) is 17.1 Å². The van der Waals surface area contributed by atoms with Crippen molar-refractivity contribution in [3.05, 3.63) is 29.6 Å². The molecule has 0 saturated heterocycles. The Morgan fingerprint density at radius 2 is 1.79 bits per heavy atom. The summed E-state index contributed by atoms with van der Waals surface area (Å²) in [5, 5.41) is 13.3. The molecule has 1 atom stereocenters. The molecule has 0 amide bonds. The Morgan fingerprint density at radius 3 is 2.32 bits per heavy atom. The first-order valence-electron chi connectivity index (χ1n) is 6.76. The van der Waals surface area contributed by atoms with Gasteiger partial charge in [-0.3, -0.25) is 0 Å². The molecule has 0 aliphatic carbocycles. The molecule has 2 N–H and O–H groups in total. The van der Waals surface area contributed by atoms with Crippen LogP contribution < -0.4 is 5.32 Å². The molecule has 108 valence electrons. The summed E-state index contributed by atoms with van der Waals surface area (Å²) in [6, 6.07) is 3.96. The number of phenols is 1. The lowest BCUT2D eigenvalue weighted by Crippen LogP contribution is -2.43. The van der Waals surface area contributed by atoms with E-state index in [-0.39, 0.29) is 28.6 Å². The normalized spacial score (nSPS) is 14.5. The molecule has 1 unspecified atom stereocenters. The third-order valence-corrected chi connectivity index (χ3v) is 3.04. The van der Waals surface area contributed by atoms with Crippen LogP contribution in [0.5, 0.6) is 5.75 Å². The predicted octanol–water partition coefficient (Wildman–Crippen LogP) is 4.40. The van der Waals surface area contributed by atoms with Crippen LogP contribution in [0.25, 0.3) is 0 Å². The summed E-state index contributed by atoms with van der Waals surface area (Å²) < 4.78 is 13.3. The van der Waals surface area contributed by atoms with Crippen molar-refractivity contribution in [1.29, 1.82) is 0 Å². The van der Waals surface area contributed by atoms with Crippen LogP contribution in [0.15, 0.2) is 18.2 Å². The maximum absolute atomic E-state index is 13.3. The van der Waals surface area contributed by atoms with Crippen molar-refractivity contribution in [2.24, 2.45) is 5.41 Å². The molecule has 0 fully saturated rings. The lowest BCUT2D eigenvalue weighted by atomic mass is 9.81. The second-order valence-electron chi connectivity index (χ2n) is 7.19. The molecule has 0 heterocycles. The van der Waals surface area contributed by atoms with Crippen LogP contribution >= 0.6 is 0 Å². The van der Waals surface area contributed by atoms with E-state index >= 15 is 0 Å². The van der Waals surface area contributed by atoms with Gasteiger partial charge < -0.3 is 10.4 Å². The highest BCUT2D eigenvalue weighted by molar-refractivity contribution is 5.35. The predicted molar refractivity (Wildman–Crippen MR) is 77.8 cm³/mol. The largest absolute Gasteiger partial charge is 0.508 e. The first-order valence-corrected chi connectivity index (χ1v) is 6.76. The maximum atomic E-state index is 13.3. The summed E-state index contributed by atoms with van der Waals surface area (Å²) >= 11 is 0. The molecule has 0 saturated carbocycles. The van der Waals surface area contributed by atoms with Crippen LogP contribution in [0, 0.1) is 11.2 Å². The molecule has 0 aliphatic heterocycles. The summed E-state index contributed by atoms with van der Waals surface area (Å²) in [5.41, 5.74) is 0.721. The second-order valence-corrected chi connectivity index (χ2v) is 7.19. The van der Waals surface area contributed by atoms with Gasteiger partial charge in [-0.2, -0.15) is 0 Å². The van der Waals surface area contributed by atoms with Gasteiger partial charge >= 0.3 is 0 Å². The van der Waals surface area contributed by atoms with E-state index in [2.05, 4.69) is 39.9 Å². The molecular formula is C16H26FNO. The maximum Gasteiger partial charge on any atom is 0.123 e. The van der Waals surface area contributed by atoms with Gasteiger partial charge in [-0.25, -0.2) is 4.39 Å². The van der Waals surface area contributed by atoms with Gasteiger partial charge in [0.1, 0.15) is 11.6 Å². The van der Waals surface area contributed by atoms with Crippen molar-refractivity contribution in [3.8, 4) is 5.75 Å². The molecule has 3 heteroatoms. The Kier molecular flexibility index (Phi) is 4.62. The summed E-state index contributed by atoms with van der Waals surface area (Å²) in [6.45, 7) is 12.8. The first kappa shape index (κ1) is 16.0. The van der Waals surface area contributed by atoms with Crippen LogP contribution in [0.2, 0.25) is 0 Å². The average molecular weight is 267 g/mol. The third kappa shape index (κ3) is 5.19. The highest BCUT2D eigenvalue weighted by Gasteiger charge is 2.27. The monoisotopic (exact) mass is 267 g/mol. The van der Waals surface area contributed by atoms with Crippen molar-refractivity contribution < 1.29 is 9.50 Å². The van der Waals surface area contributed by atoms with Gasteiger partial charge in [0.25, 0.3) is 0 Å². The van der Waals surface area contributed by atoms with Gasteiger partial charge in [0.05, 0.1) is 0 Å². The van der Waals surface area contributed by atoms with E-state index in [0.717, 1.165) is 6.42 Å². The zero-order valence-electron chi connectivity index (χ0n) is 12.8. The third-order valence-electron chi connectivity index (χ3n) is 3.04. The minimum Gasteiger partial charge on any atom is -0.508 e. The minimum atomic E-state index is -0.324. The molecule has 1 aromatic carbocycles. The lowest BCUT2D eigenvalue weighted by molar-refractivity contribution is 0.225. The number of phenolic OH excluding ortho intramolecular Hbond substituents is 1. The Bertz CT molecular complexity index is 435.